The molecule has 1 amide bonds. The molecular formula is C23H21N3O2S. The molecule has 0 aliphatic carbocycles. The predicted octanol–water partition coefficient (Wildman–Crippen LogP) is 3.98. The van der Waals surface area contributed by atoms with E-state index in [1.807, 2.05) is 66.0 Å². The number of nitrogens with two attached hydrogens (primary N) is 1. The van der Waals surface area contributed by atoms with Crippen LogP contribution in [0.3, 0.4) is 0 Å². The molecule has 0 aliphatic heterocycles. The molecule has 0 unspecified atom stereocenters. The fourth-order valence-electron chi connectivity index (χ4n) is 3.45. The number of hydrogen-bond acceptors (Lipinski definition) is 4. The summed E-state index contributed by atoms with van der Waals surface area (Å²) in [6.07, 6.45) is 1.31. The van der Waals surface area contributed by atoms with Gasteiger partial charge in [-0.3, -0.25) is 14.2 Å². The van der Waals surface area contributed by atoms with E-state index in [0.29, 0.717) is 30.6 Å². The van der Waals surface area contributed by atoms with E-state index in [1.54, 1.807) is 4.57 Å². The normalized spacial score (nSPS) is 11.0. The van der Waals surface area contributed by atoms with Crippen LogP contribution < -0.4 is 11.3 Å². The van der Waals surface area contributed by atoms with Gasteiger partial charge >= 0.3 is 0 Å². The first-order valence-corrected chi connectivity index (χ1v) is 10.4. The number of carbonyl (C=O) groups is 1. The Labute approximate surface area is 172 Å². The van der Waals surface area contributed by atoms with Crippen molar-refractivity contribution in [3.8, 4) is 11.1 Å². The van der Waals surface area contributed by atoms with Gasteiger partial charge in [0.15, 0.2) is 0 Å². The van der Waals surface area contributed by atoms with Crippen LogP contribution in [0.15, 0.2) is 70.8 Å². The SMILES string of the molecule is NC(=O)CCCn1c(Cc2ccccc2)nc2scc(-c3ccccc3)c2c1=O. The number of rotatable bonds is 7. The van der Waals surface area contributed by atoms with Crippen LogP contribution >= 0.6 is 11.3 Å². The van der Waals surface area contributed by atoms with Crippen molar-refractivity contribution in [1.82, 2.24) is 9.55 Å². The zero-order valence-electron chi connectivity index (χ0n) is 15.9. The van der Waals surface area contributed by atoms with Gasteiger partial charge in [0.05, 0.1) is 5.39 Å². The maximum absolute atomic E-state index is 13.5. The fraction of sp³-hybridized carbons (Fsp3) is 0.174. The molecule has 0 atom stereocenters. The molecule has 146 valence electrons. The molecule has 0 saturated heterocycles. The summed E-state index contributed by atoms with van der Waals surface area (Å²) in [6, 6.07) is 19.8. The van der Waals surface area contributed by atoms with Crippen LogP contribution in [0, 0.1) is 0 Å². The molecule has 0 bridgehead atoms. The summed E-state index contributed by atoms with van der Waals surface area (Å²) in [5, 5.41) is 2.63. The Morgan fingerprint density at radius 3 is 2.41 bits per heavy atom. The van der Waals surface area contributed by atoms with Gasteiger partial charge in [-0.15, -0.1) is 11.3 Å². The van der Waals surface area contributed by atoms with E-state index < -0.39 is 0 Å². The van der Waals surface area contributed by atoms with Crippen LogP contribution in [0.4, 0.5) is 0 Å². The molecule has 2 aromatic heterocycles. The minimum Gasteiger partial charge on any atom is -0.370 e. The summed E-state index contributed by atoms with van der Waals surface area (Å²) in [5.41, 5.74) is 8.21. The van der Waals surface area contributed by atoms with Crippen molar-refractivity contribution in [2.75, 3.05) is 0 Å². The minimum atomic E-state index is -0.364. The third kappa shape index (κ3) is 4.12. The summed E-state index contributed by atoms with van der Waals surface area (Å²) in [4.78, 5) is 30.2. The van der Waals surface area contributed by atoms with Gasteiger partial charge in [0, 0.05) is 30.3 Å². The standard InChI is InChI=1S/C23H21N3O2S/c24-19(27)12-7-13-26-20(14-16-8-3-1-4-9-16)25-22-21(23(26)28)18(15-29-22)17-10-5-2-6-11-17/h1-6,8-11,15H,7,12-14H2,(H2,24,27). The van der Waals surface area contributed by atoms with Gasteiger partial charge < -0.3 is 5.73 Å². The molecule has 29 heavy (non-hydrogen) atoms. The van der Waals surface area contributed by atoms with Crippen LogP contribution in [0.5, 0.6) is 0 Å². The highest BCUT2D eigenvalue weighted by Crippen LogP contribution is 2.31. The van der Waals surface area contributed by atoms with Crippen molar-refractivity contribution in [2.24, 2.45) is 5.73 Å². The van der Waals surface area contributed by atoms with Gasteiger partial charge in [0.1, 0.15) is 10.7 Å². The Hall–Kier alpha value is -3.25. The summed E-state index contributed by atoms with van der Waals surface area (Å²) >= 11 is 1.49. The van der Waals surface area contributed by atoms with E-state index >= 15 is 0 Å². The van der Waals surface area contributed by atoms with E-state index in [2.05, 4.69) is 0 Å². The van der Waals surface area contributed by atoms with E-state index in [9.17, 15) is 9.59 Å². The molecule has 0 aliphatic rings. The van der Waals surface area contributed by atoms with E-state index in [-0.39, 0.29) is 17.9 Å². The lowest BCUT2D eigenvalue weighted by Crippen LogP contribution is -2.26. The lowest BCUT2D eigenvalue weighted by molar-refractivity contribution is -0.118. The van der Waals surface area contributed by atoms with Crippen molar-refractivity contribution in [3.63, 3.8) is 0 Å². The van der Waals surface area contributed by atoms with Crippen molar-refractivity contribution in [2.45, 2.75) is 25.8 Å². The third-order valence-electron chi connectivity index (χ3n) is 4.87. The van der Waals surface area contributed by atoms with Crippen LogP contribution in [0.1, 0.15) is 24.2 Å². The number of fused-ring (bicyclic) bond motifs is 1. The maximum atomic E-state index is 13.5. The van der Waals surface area contributed by atoms with Gasteiger partial charge in [-0.05, 0) is 17.5 Å². The van der Waals surface area contributed by atoms with Crippen molar-refractivity contribution < 1.29 is 4.79 Å². The van der Waals surface area contributed by atoms with E-state index in [4.69, 9.17) is 10.7 Å². The highest BCUT2D eigenvalue weighted by molar-refractivity contribution is 7.17. The number of benzene rings is 2. The Bertz CT molecular complexity index is 1200. The lowest BCUT2D eigenvalue weighted by atomic mass is 10.1. The first-order valence-electron chi connectivity index (χ1n) is 9.52. The second-order valence-corrected chi connectivity index (χ2v) is 7.77. The van der Waals surface area contributed by atoms with Crippen molar-refractivity contribution in [3.05, 3.63) is 87.8 Å². The zero-order valence-corrected chi connectivity index (χ0v) is 16.7. The molecule has 2 heterocycles. The number of carbonyl (C=O) groups excluding carboxylic acids is 1. The second-order valence-electron chi connectivity index (χ2n) is 6.91. The maximum Gasteiger partial charge on any atom is 0.262 e. The molecule has 0 radical (unpaired) electrons. The second kappa shape index (κ2) is 8.41. The van der Waals surface area contributed by atoms with Crippen molar-refractivity contribution >= 4 is 27.5 Å². The smallest absolute Gasteiger partial charge is 0.262 e. The molecular weight excluding hydrogens is 382 g/mol. The van der Waals surface area contributed by atoms with Gasteiger partial charge in [-0.2, -0.15) is 0 Å². The summed E-state index contributed by atoms with van der Waals surface area (Å²) in [7, 11) is 0. The first kappa shape index (κ1) is 19.1. The Morgan fingerprint density at radius 1 is 1.03 bits per heavy atom. The summed E-state index contributed by atoms with van der Waals surface area (Å²) in [6.45, 7) is 0.414. The largest absolute Gasteiger partial charge is 0.370 e. The molecule has 0 spiro atoms. The average Bonchev–Trinajstić information content (AvgIpc) is 3.15. The molecule has 5 nitrogen and oxygen atoms in total. The average molecular weight is 404 g/mol. The first-order chi connectivity index (χ1) is 14.1. The van der Waals surface area contributed by atoms with Crippen LogP contribution in [-0.4, -0.2) is 15.5 Å². The molecule has 6 heteroatoms. The van der Waals surface area contributed by atoms with Gasteiger partial charge in [0.25, 0.3) is 5.56 Å². The van der Waals surface area contributed by atoms with Gasteiger partial charge in [-0.25, -0.2) is 4.98 Å². The number of hydrogen-bond donors (Lipinski definition) is 1. The highest BCUT2D eigenvalue weighted by atomic mass is 32.1. The van der Waals surface area contributed by atoms with Gasteiger partial charge in [0.2, 0.25) is 5.91 Å². The minimum absolute atomic E-state index is 0.0643. The predicted molar refractivity (Wildman–Crippen MR) is 117 cm³/mol. The van der Waals surface area contributed by atoms with Crippen LogP contribution in [0.25, 0.3) is 21.3 Å². The Morgan fingerprint density at radius 2 is 1.72 bits per heavy atom. The lowest BCUT2D eigenvalue weighted by Gasteiger charge is -2.13. The quantitative estimate of drug-likeness (QED) is 0.507. The number of aromatic nitrogens is 2. The number of thiophene rings is 1. The Kier molecular flexibility index (Phi) is 5.53. The Balaban J connectivity index is 1.83. The summed E-state index contributed by atoms with van der Waals surface area (Å²) in [5.74, 6) is 0.344. The monoisotopic (exact) mass is 403 g/mol. The third-order valence-corrected chi connectivity index (χ3v) is 5.74. The number of nitrogens with zero attached hydrogens (tertiary/aromatic N) is 2. The summed E-state index contributed by atoms with van der Waals surface area (Å²) < 4.78 is 1.71. The molecule has 0 saturated carbocycles. The topological polar surface area (TPSA) is 78.0 Å². The molecule has 4 aromatic rings. The number of amides is 1. The molecule has 2 N–H and O–H groups in total. The van der Waals surface area contributed by atoms with E-state index in [1.165, 1.54) is 11.3 Å². The fourth-order valence-corrected chi connectivity index (χ4v) is 4.41. The van der Waals surface area contributed by atoms with Crippen LogP contribution in [-0.2, 0) is 17.8 Å². The molecule has 2 aromatic carbocycles. The molecule has 4 rings (SSSR count). The zero-order chi connectivity index (χ0) is 20.2. The van der Waals surface area contributed by atoms with Crippen LogP contribution in [0.2, 0.25) is 0 Å². The van der Waals surface area contributed by atoms with Gasteiger partial charge in [-0.1, -0.05) is 60.7 Å². The molecule has 0 fully saturated rings. The number of primary amides is 1. The highest BCUT2D eigenvalue weighted by Gasteiger charge is 2.17. The van der Waals surface area contributed by atoms with E-state index in [0.717, 1.165) is 21.5 Å². The van der Waals surface area contributed by atoms with Crippen molar-refractivity contribution in [1.29, 1.82) is 0 Å².